The highest BCUT2D eigenvalue weighted by molar-refractivity contribution is 5.99. The van der Waals surface area contributed by atoms with Crippen LogP contribution in [0.1, 0.15) is 21.5 Å². The van der Waals surface area contributed by atoms with E-state index in [1.54, 1.807) is 23.0 Å². The molecule has 6 heteroatoms. The van der Waals surface area contributed by atoms with E-state index in [0.29, 0.717) is 24.4 Å². The van der Waals surface area contributed by atoms with Crippen molar-refractivity contribution in [2.24, 2.45) is 0 Å². The number of rotatable bonds is 6. The number of ether oxygens (including phenoxy) is 1. The van der Waals surface area contributed by atoms with Gasteiger partial charge in [0.1, 0.15) is 17.9 Å². The van der Waals surface area contributed by atoms with Crippen molar-refractivity contribution in [1.29, 1.82) is 0 Å². The van der Waals surface area contributed by atoms with E-state index in [9.17, 15) is 4.79 Å². The predicted molar refractivity (Wildman–Crippen MR) is 101 cm³/mol. The fourth-order valence-electron chi connectivity index (χ4n) is 2.70. The van der Waals surface area contributed by atoms with E-state index in [0.717, 1.165) is 16.9 Å². The molecule has 1 N–H and O–H groups in total. The lowest BCUT2D eigenvalue weighted by Gasteiger charge is -2.08. The van der Waals surface area contributed by atoms with Crippen LogP contribution < -0.4 is 10.1 Å². The summed E-state index contributed by atoms with van der Waals surface area (Å²) in [5, 5.41) is 7.04. The molecule has 134 valence electrons. The summed E-state index contributed by atoms with van der Waals surface area (Å²) in [6.07, 6.45) is 4.93. The summed E-state index contributed by atoms with van der Waals surface area (Å²) in [6.45, 7) is 0.938. The molecule has 0 aliphatic rings. The number of hydrogen-bond donors (Lipinski definition) is 1. The van der Waals surface area contributed by atoms with E-state index < -0.39 is 0 Å². The van der Waals surface area contributed by atoms with Gasteiger partial charge in [0.2, 0.25) is 0 Å². The van der Waals surface area contributed by atoms with Crippen LogP contribution in [0.5, 0.6) is 5.75 Å². The van der Waals surface area contributed by atoms with E-state index >= 15 is 0 Å². The Kier molecular flexibility index (Phi) is 4.78. The Morgan fingerprint density at radius 2 is 1.78 bits per heavy atom. The highest BCUT2D eigenvalue weighted by Gasteiger charge is 2.13. The van der Waals surface area contributed by atoms with Crippen molar-refractivity contribution < 1.29 is 9.53 Å². The fourth-order valence-corrected chi connectivity index (χ4v) is 2.70. The maximum absolute atomic E-state index is 12.4. The highest BCUT2D eigenvalue weighted by atomic mass is 16.5. The first-order valence-corrected chi connectivity index (χ1v) is 8.62. The molecule has 0 atom stereocenters. The van der Waals surface area contributed by atoms with E-state index in [1.807, 2.05) is 54.6 Å². The van der Waals surface area contributed by atoms with Crippen molar-refractivity contribution in [2.75, 3.05) is 0 Å². The summed E-state index contributed by atoms with van der Waals surface area (Å²) in [5.41, 5.74) is 3.09. The van der Waals surface area contributed by atoms with Gasteiger partial charge in [0, 0.05) is 18.9 Å². The van der Waals surface area contributed by atoms with E-state index in [4.69, 9.17) is 4.74 Å². The third-order valence-electron chi connectivity index (χ3n) is 4.15. The second-order valence-corrected chi connectivity index (χ2v) is 6.05. The molecule has 2 aromatic heterocycles. The summed E-state index contributed by atoms with van der Waals surface area (Å²) in [4.78, 5) is 16.6. The number of fused-ring (bicyclic) bond motifs is 1. The first kappa shape index (κ1) is 16.8. The Bertz CT molecular complexity index is 1040. The molecule has 4 aromatic rings. The van der Waals surface area contributed by atoms with Crippen molar-refractivity contribution in [3.8, 4) is 5.75 Å². The standard InChI is InChI=1S/C21H18N4O2/c26-21(19-14-24-25-12-4-11-22-20(19)25)23-13-16-7-9-17(10-8-16)15-27-18-5-2-1-3-6-18/h1-12,14H,13,15H2,(H,23,26). The van der Waals surface area contributed by atoms with Gasteiger partial charge in [-0.25, -0.2) is 9.50 Å². The average molecular weight is 358 g/mol. The van der Waals surface area contributed by atoms with Crippen molar-refractivity contribution in [1.82, 2.24) is 19.9 Å². The van der Waals surface area contributed by atoms with Crippen LogP contribution in [0.3, 0.4) is 0 Å². The Hall–Kier alpha value is -3.67. The Morgan fingerprint density at radius 1 is 1.00 bits per heavy atom. The largest absolute Gasteiger partial charge is 0.489 e. The summed E-state index contributed by atoms with van der Waals surface area (Å²) in [5.74, 6) is 0.649. The van der Waals surface area contributed by atoms with Crippen LogP contribution in [-0.2, 0) is 13.2 Å². The van der Waals surface area contributed by atoms with Gasteiger partial charge in [-0.2, -0.15) is 5.10 Å². The number of carbonyl (C=O) groups excluding carboxylic acids is 1. The zero-order valence-corrected chi connectivity index (χ0v) is 14.6. The van der Waals surface area contributed by atoms with Gasteiger partial charge in [0.15, 0.2) is 5.65 Å². The number of hydrogen-bond acceptors (Lipinski definition) is 4. The quantitative estimate of drug-likeness (QED) is 0.574. The van der Waals surface area contributed by atoms with Gasteiger partial charge in [-0.15, -0.1) is 0 Å². The summed E-state index contributed by atoms with van der Waals surface area (Å²) < 4.78 is 7.31. The minimum absolute atomic E-state index is 0.194. The maximum Gasteiger partial charge on any atom is 0.257 e. The number of carbonyl (C=O) groups is 1. The van der Waals surface area contributed by atoms with Gasteiger partial charge in [-0.3, -0.25) is 4.79 Å². The van der Waals surface area contributed by atoms with Crippen molar-refractivity contribution in [3.63, 3.8) is 0 Å². The van der Waals surface area contributed by atoms with Gasteiger partial charge >= 0.3 is 0 Å². The van der Waals surface area contributed by atoms with E-state index in [-0.39, 0.29) is 5.91 Å². The molecule has 0 aliphatic carbocycles. The van der Waals surface area contributed by atoms with Crippen LogP contribution in [0.2, 0.25) is 0 Å². The summed E-state index contributed by atoms with van der Waals surface area (Å²) >= 11 is 0. The van der Waals surface area contributed by atoms with E-state index in [1.165, 1.54) is 6.20 Å². The number of nitrogens with zero attached hydrogens (tertiary/aromatic N) is 3. The second kappa shape index (κ2) is 7.70. The molecule has 0 aliphatic heterocycles. The average Bonchev–Trinajstić information content (AvgIpc) is 3.16. The van der Waals surface area contributed by atoms with Gasteiger partial charge in [-0.05, 0) is 29.3 Å². The number of nitrogens with one attached hydrogen (secondary N) is 1. The minimum atomic E-state index is -0.194. The van der Waals surface area contributed by atoms with Gasteiger partial charge in [0.25, 0.3) is 5.91 Å². The van der Waals surface area contributed by atoms with Crippen LogP contribution in [0.4, 0.5) is 0 Å². The molecule has 0 unspecified atom stereocenters. The number of benzene rings is 2. The topological polar surface area (TPSA) is 68.5 Å². The summed E-state index contributed by atoms with van der Waals surface area (Å²) in [6, 6.07) is 19.4. The van der Waals surface area contributed by atoms with Crippen molar-refractivity contribution in [3.05, 3.63) is 95.9 Å². The zero-order valence-electron chi connectivity index (χ0n) is 14.6. The van der Waals surface area contributed by atoms with Gasteiger partial charge < -0.3 is 10.1 Å². The molecular formula is C21H18N4O2. The molecule has 4 rings (SSSR count). The third-order valence-corrected chi connectivity index (χ3v) is 4.15. The number of aromatic nitrogens is 3. The minimum Gasteiger partial charge on any atom is -0.489 e. The fraction of sp³-hybridized carbons (Fsp3) is 0.0952. The lowest BCUT2D eigenvalue weighted by Crippen LogP contribution is -2.22. The van der Waals surface area contributed by atoms with Gasteiger partial charge in [-0.1, -0.05) is 42.5 Å². The Morgan fingerprint density at radius 3 is 2.59 bits per heavy atom. The molecule has 0 saturated carbocycles. The van der Waals surface area contributed by atoms with Crippen LogP contribution in [-0.4, -0.2) is 20.5 Å². The SMILES string of the molecule is O=C(NCc1ccc(COc2ccccc2)cc1)c1cnn2cccnc12. The lowest BCUT2D eigenvalue weighted by molar-refractivity contribution is 0.0952. The van der Waals surface area contributed by atoms with E-state index in [2.05, 4.69) is 15.4 Å². The summed E-state index contributed by atoms with van der Waals surface area (Å²) in [7, 11) is 0. The second-order valence-electron chi connectivity index (χ2n) is 6.05. The van der Waals surface area contributed by atoms with Crippen LogP contribution in [0.25, 0.3) is 5.65 Å². The Balaban J connectivity index is 1.34. The molecule has 0 fully saturated rings. The van der Waals surface area contributed by atoms with Crippen molar-refractivity contribution in [2.45, 2.75) is 13.2 Å². The molecular weight excluding hydrogens is 340 g/mol. The molecule has 0 spiro atoms. The third kappa shape index (κ3) is 3.95. The smallest absolute Gasteiger partial charge is 0.257 e. The highest BCUT2D eigenvalue weighted by Crippen LogP contribution is 2.13. The first-order valence-electron chi connectivity index (χ1n) is 8.62. The predicted octanol–water partition coefficient (Wildman–Crippen LogP) is 3.24. The molecule has 0 saturated heterocycles. The van der Waals surface area contributed by atoms with Crippen molar-refractivity contribution >= 4 is 11.6 Å². The molecule has 27 heavy (non-hydrogen) atoms. The van der Waals surface area contributed by atoms with Crippen LogP contribution in [0.15, 0.2) is 79.3 Å². The number of para-hydroxylation sites is 1. The van der Waals surface area contributed by atoms with Gasteiger partial charge in [0.05, 0.1) is 6.20 Å². The number of amides is 1. The molecule has 2 aromatic carbocycles. The molecule has 0 bridgehead atoms. The first-order chi connectivity index (χ1) is 13.3. The molecule has 0 radical (unpaired) electrons. The normalized spacial score (nSPS) is 10.7. The maximum atomic E-state index is 12.4. The monoisotopic (exact) mass is 358 g/mol. The molecule has 2 heterocycles. The molecule has 1 amide bonds. The molecule has 6 nitrogen and oxygen atoms in total. The lowest BCUT2D eigenvalue weighted by atomic mass is 10.1. The van der Waals surface area contributed by atoms with Crippen LogP contribution in [0, 0.1) is 0 Å². The van der Waals surface area contributed by atoms with Crippen LogP contribution >= 0.6 is 0 Å². The zero-order chi connectivity index (χ0) is 18.5. The Labute approximate surface area is 156 Å².